The number of nitrogens with one attached hydrogen (secondary N) is 2. The molecule has 1 aliphatic heterocycles. The van der Waals surface area contributed by atoms with Crippen molar-refractivity contribution >= 4 is 34.0 Å². The van der Waals surface area contributed by atoms with Crippen LogP contribution in [0.3, 0.4) is 0 Å². The molecule has 1 aliphatic rings. The van der Waals surface area contributed by atoms with Crippen LogP contribution in [0.5, 0.6) is 0 Å². The summed E-state index contributed by atoms with van der Waals surface area (Å²) in [5.41, 5.74) is 3.55. The fourth-order valence-electron chi connectivity index (χ4n) is 2.36. The highest BCUT2D eigenvalue weighted by Gasteiger charge is 2.26. The molecule has 6 nitrogen and oxygen atoms in total. The van der Waals surface area contributed by atoms with Crippen molar-refractivity contribution in [2.75, 3.05) is 10.6 Å². The molecule has 0 spiro atoms. The molecular formula is C14H14N4O2S. The normalized spacial score (nSPS) is 17.0. The monoisotopic (exact) mass is 302 g/mol. The van der Waals surface area contributed by atoms with E-state index in [-0.39, 0.29) is 17.7 Å². The lowest BCUT2D eigenvalue weighted by molar-refractivity contribution is -0.121. The summed E-state index contributed by atoms with van der Waals surface area (Å²) in [6, 6.07) is 7.75. The van der Waals surface area contributed by atoms with Gasteiger partial charge in [-0.1, -0.05) is 29.5 Å². The summed E-state index contributed by atoms with van der Waals surface area (Å²) in [5, 5.41) is 13.4. The van der Waals surface area contributed by atoms with Gasteiger partial charge in [-0.15, -0.1) is 10.2 Å². The molecule has 0 saturated carbocycles. The predicted molar refractivity (Wildman–Crippen MR) is 80.0 cm³/mol. The van der Waals surface area contributed by atoms with Crippen molar-refractivity contribution < 1.29 is 9.59 Å². The third-order valence-electron chi connectivity index (χ3n) is 3.44. The van der Waals surface area contributed by atoms with E-state index in [1.54, 1.807) is 5.51 Å². The minimum Gasteiger partial charge on any atom is -0.326 e. The van der Waals surface area contributed by atoms with Gasteiger partial charge in [-0.05, 0) is 24.5 Å². The summed E-state index contributed by atoms with van der Waals surface area (Å²) in [6.45, 7) is 0. The highest BCUT2D eigenvalue weighted by atomic mass is 32.1. The molecule has 0 saturated heterocycles. The number of fused-ring (bicyclic) bond motifs is 1. The van der Waals surface area contributed by atoms with Crippen LogP contribution < -0.4 is 10.6 Å². The zero-order chi connectivity index (χ0) is 14.7. The standard InChI is InChI=1S/C14H14N4O2S/c19-12(17-14-18-15-8-21-14)6-5-10-7-9-3-1-2-4-11(9)16-13(10)20/h1-4,8,10H,5-7H2,(H,16,20)(H,17,18,19)/t10-/m1/s1. The second kappa shape index (κ2) is 6.01. The summed E-state index contributed by atoms with van der Waals surface area (Å²) in [7, 11) is 0. The number of hydrogen-bond acceptors (Lipinski definition) is 5. The second-order valence-corrected chi connectivity index (χ2v) is 5.71. The first-order valence-electron chi connectivity index (χ1n) is 6.67. The molecule has 7 heteroatoms. The van der Waals surface area contributed by atoms with Crippen molar-refractivity contribution in [2.45, 2.75) is 19.3 Å². The van der Waals surface area contributed by atoms with Crippen molar-refractivity contribution in [2.24, 2.45) is 5.92 Å². The number of rotatable bonds is 4. The van der Waals surface area contributed by atoms with E-state index in [4.69, 9.17) is 0 Å². The molecule has 1 atom stereocenters. The average molecular weight is 302 g/mol. The Morgan fingerprint density at radius 3 is 3.10 bits per heavy atom. The summed E-state index contributed by atoms with van der Waals surface area (Å²) in [5.74, 6) is -0.323. The molecule has 2 heterocycles. The number of benzene rings is 1. The van der Waals surface area contributed by atoms with Crippen LogP contribution in [-0.4, -0.2) is 22.0 Å². The quantitative estimate of drug-likeness (QED) is 0.905. The van der Waals surface area contributed by atoms with Crippen molar-refractivity contribution in [3.05, 3.63) is 35.3 Å². The number of aromatic nitrogens is 2. The highest BCUT2D eigenvalue weighted by molar-refractivity contribution is 7.13. The number of carbonyl (C=O) groups is 2. The van der Waals surface area contributed by atoms with E-state index in [0.29, 0.717) is 24.4 Å². The molecule has 1 aromatic heterocycles. The number of anilines is 2. The van der Waals surface area contributed by atoms with Crippen LogP contribution in [0.4, 0.5) is 10.8 Å². The first-order chi connectivity index (χ1) is 10.2. The summed E-state index contributed by atoms with van der Waals surface area (Å²) in [6.07, 6.45) is 1.48. The van der Waals surface area contributed by atoms with E-state index < -0.39 is 0 Å². The zero-order valence-electron chi connectivity index (χ0n) is 11.2. The lowest BCUT2D eigenvalue weighted by Gasteiger charge is -2.24. The summed E-state index contributed by atoms with van der Waals surface area (Å²) in [4.78, 5) is 23.8. The van der Waals surface area contributed by atoms with E-state index in [2.05, 4.69) is 20.8 Å². The zero-order valence-corrected chi connectivity index (χ0v) is 12.0. The largest absolute Gasteiger partial charge is 0.326 e. The van der Waals surface area contributed by atoms with Crippen LogP contribution in [0.2, 0.25) is 0 Å². The second-order valence-electron chi connectivity index (χ2n) is 4.88. The van der Waals surface area contributed by atoms with Crippen LogP contribution in [0.25, 0.3) is 0 Å². The van der Waals surface area contributed by atoms with Gasteiger partial charge in [0.25, 0.3) is 0 Å². The van der Waals surface area contributed by atoms with E-state index >= 15 is 0 Å². The lowest BCUT2D eigenvalue weighted by Crippen LogP contribution is -2.30. The average Bonchev–Trinajstić information content (AvgIpc) is 2.98. The van der Waals surface area contributed by atoms with E-state index in [0.717, 1.165) is 11.3 Å². The minimum absolute atomic E-state index is 0.0163. The first kappa shape index (κ1) is 13.7. The third-order valence-corrected chi connectivity index (χ3v) is 4.05. The fraction of sp³-hybridized carbons (Fsp3) is 0.286. The Hall–Kier alpha value is -2.28. The minimum atomic E-state index is -0.167. The van der Waals surface area contributed by atoms with Gasteiger partial charge in [-0.2, -0.15) is 0 Å². The molecule has 0 aliphatic carbocycles. The van der Waals surface area contributed by atoms with Gasteiger partial charge in [-0.3, -0.25) is 9.59 Å². The van der Waals surface area contributed by atoms with Gasteiger partial charge in [-0.25, -0.2) is 0 Å². The van der Waals surface area contributed by atoms with Crippen LogP contribution in [0, 0.1) is 5.92 Å². The van der Waals surface area contributed by atoms with Gasteiger partial charge < -0.3 is 10.6 Å². The van der Waals surface area contributed by atoms with Crippen LogP contribution >= 0.6 is 11.3 Å². The van der Waals surface area contributed by atoms with Crippen molar-refractivity contribution in [3.63, 3.8) is 0 Å². The Balaban J connectivity index is 1.56. The van der Waals surface area contributed by atoms with Crippen molar-refractivity contribution in [3.8, 4) is 0 Å². The number of para-hydroxylation sites is 1. The van der Waals surface area contributed by atoms with E-state index in [9.17, 15) is 9.59 Å². The van der Waals surface area contributed by atoms with E-state index in [1.165, 1.54) is 11.3 Å². The topological polar surface area (TPSA) is 84.0 Å². The first-order valence-corrected chi connectivity index (χ1v) is 7.55. The molecule has 108 valence electrons. The predicted octanol–water partition coefficient (Wildman–Crippen LogP) is 2.07. The van der Waals surface area contributed by atoms with Gasteiger partial charge >= 0.3 is 0 Å². The highest BCUT2D eigenvalue weighted by Crippen LogP contribution is 2.27. The molecule has 0 unspecified atom stereocenters. The van der Waals surface area contributed by atoms with Crippen LogP contribution in [0.15, 0.2) is 29.8 Å². The fourth-order valence-corrected chi connectivity index (χ4v) is 2.82. The maximum absolute atomic E-state index is 12.0. The smallest absolute Gasteiger partial charge is 0.227 e. The molecule has 0 bridgehead atoms. The van der Waals surface area contributed by atoms with Gasteiger partial charge in [0.1, 0.15) is 5.51 Å². The summed E-state index contributed by atoms with van der Waals surface area (Å²) >= 11 is 1.27. The molecule has 2 aromatic rings. The third kappa shape index (κ3) is 3.25. The maximum atomic E-state index is 12.0. The van der Waals surface area contributed by atoms with Crippen LogP contribution in [-0.2, 0) is 16.0 Å². The lowest BCUT2D eigenvalue weighted by atomic mass is 9.89. The van der Waals surface area contributed by atoms with E-state index in [1.807, 2.05) is 24.3 Å². The van der Waals surface area contributed by atoms with Crippen LogP contribution in [0.1, 0.15) is 18.4 Å². The Morgan fingerprint density at radius 2 is 2.29 bits per heavy atom. The Morgan fingerprint density at radius 1 is 1.43 bits per heavy atom. The van der Waals surface area contributed by atoms with Gasteiger partial charge in [0.05, 0.1) is 0 Å². The van der Waals surface area contributed by atoms with Crippen molar-refractivity contribution in [1.29, 1.82) is 0 Å². The Bertz CT molecular complexity index is 657. The SMILES string of the molecule is O=C(CC[C@@H]1Cc2ccccc2NC1=O)Nc1nncs1. The van der Waals surface area contributed by atoms with Gasteiger partial charge in [0.2, 0.25) is 16.9 Å². The number of amides is 2. The maximum Gasteiger partial charge on any atom is 0.227 e. The van der Waals surface area contributed by atoms with Gasteiger partial charge in [0.15, 0.2) is 0 Å². The molecule has 3 rings (SSSR count). The Labute approximate surface area is 125 Å². The summed E-state index contributed by atoms with van der Waals surface area (Å²) < 4.78 is 0. The number of carbonyl (C=O) groups excluding carboxylic acids is 2. The molecule has 21 heavy (non-hydrogen) atoms. The molecule has 0 radical (unpaired) electrons. The number of hydrogen-bond donors (Lipinski definition) is 2. The molecular weight excluding hydrogens is 288 g/mol. The molecule has 1 aromatic carbocycles. The van der Waals surface area contributed by atoms with Gasteiger partial charge in [0, 0.05) is 18.0 Å². The molecule has 2 amide bonds. The number of nitrogens with zero attached hydrogens (tertiary/aromatic N) is 2. The molecule has 0 fully saturated rings. The van der Waals surface area contributed by atoms with Crippen molar-refractivity contribution in [1.82, 2.24) is 10.2 Å². The molecule has 2 N–H and O–H groups in total. The Kier molecular flexibility index (Phi) is 3.92.